The highest BCUT2D eigenvalue weighted by atomic mass is 79.9. The Morgan fingerprint density at radius 2 is 2.00 bits per heavy atom. The highest BCUT2D eigenvalue weighted by Crippen LogP contribution is 2.25. The van der Waals surface area contributed by atoms with Crippen molar-refractivity contribution in [2.24, 2.45) is 7.05 Å². The second-order valence-electron chi connectivity index (χ2n) is 5.86. The van der Waals surface area contributed by atoms with Crippen LogP contribution in [-0.4, -0.2) is 50.5 Å². The second kappa shape index (κ2) is 8.13. The summed E-state index contributed by atoms with van der Waals surface area (Å²) in [6, 6.07) is 0.0240. The Morgan fingerprint density at radius 3 is 2.50 bits per heavy atom. The minimum atomic E-state index is -0.334. The summed E-state index contributed by atoms with van der Waals surface area (Å²) in [4.78, 5) is 14.7. The van der Waals surface area contributed by atoms with Crippen molar-refractivity contribution in [1.82, 2.24) is 29.8 Å². The highest BCUT2D eigenvalue weighted by Gasteiger charge is 2.29. The van der Waals surface area contributed by atoms with E-state index in [0.717, 1.165) is 36.0 Å². The second-order valence-corrected chi connectivity index (χ2v) is 6.78. The zero-order valence-electron chi connectivity index (χ0n) is 13.7. The van der Waals surface area contributed by atoms with E-state index < -0.39 is 0 Å². The van der Waals surface area contributed by atoms with Gasteiger partial charge in [-0.05, 0) is 35.8 Å². The van der Waals surface area contributed by atoms with Crippen molar-refractivity contribution in [2.75, 3.05) is 20.1 Å². The van der Waals surface area contributed by atoms with Crippen LogP contribution in [0.15, 0.2) is 29.3 Å². The van der Waals surface area contributed by atoms with Crippen molar-refractivity contribution in [3.63, 3.8) is 0 Å². The van der Waals surface area contributed by atoms with Crippen LogP contribution in [0.4, 0.5) is 0 Å². The van der Waals surface area contributed by atoms with Crippen LogP contribution in [0, 0.1) is 0 Å². The number of aryl methyl sites for hydroxylation is 1. The van der Waals surface area contributed by atoms with Gasteiger partial charge in [0.1, 0.15) is 6.04 Å². The molecule has 0 radical (unpaired) electrons. The number of hydrogen-bond donors (Lipinski definition) is 1. The van der Waals surface area contributed by atoms with Gasteiger partial charge in [0.25, 0.3) is 0 Å². The number of piperidine rings is 1. The monoisotopic (exact) mass is 416 g/mol. The lowest BCUT2D eigenvalue weighted by atomic mass is 10.0. The van der Waals surface area contributed by atoms with Gasteiger partial charge in [-0.15, -0.1) is 12.4 Å². The molecule has 1 fully saturated rings. The Morgan fingerprint density at radius 1 is 1.29 bits per heavy atom. The molecule has 24 heavy (non-hydrogen) atoms. The number of amides is 1. The molecule has 9 heteroatoms. The number of likely N-dealkylation sites (tertiary alicyclic amines) is 1. The van der Waals surface area contributed by atoms with Gasteiger partial charge < -0.3 is 10.2 Å². The Bertz CT molecular complexity index is 679. The first kappa shape index (κ1) is 19.0. The molecule has 0 bridgehead atoms. The number of hydrogen-bond acceptors (Lipinski definition) is 4. The number of nitrogens with zero attached hydrogens (tertiary/aromatic N) is 5. The maximum Gasteiger partial charge on any atom is 0.244 e. The molecular weight excluding hydrogens is 396 g/mol. The van der Waals surface area contributed by atoms with E-state index in [-0.39, 0.29) is 24.4 Å². The predicted molar refractivity (Wildman–Crippen MR) is 97.0 cm³/mol. The molecule has 1 unspecified atom stereocenters. The van der Waals surface area contributed by atoms with Crippen molar-refractivity contribution in [3.8, 4) is 0 Å². The Labute approximate surface area is 155 Å². The Hall–Kier alpha value is -1.38. The van der Waals surface area contributed by atoms with Crippen LogP contribution < -0.4 is 5.32 Å². The molecule has 0 saturated carbocycles. The smallest absolute Gasteiger partial charge is 0.244 e. The summed E-state index contributed by atoms with van der Waals surface area (Å²) in [5.41, 5.74) is 0.901. The summed E-state index contributed by atoms with van der Waals surface area (Å²) in [7, 11) is 3.66. The van der Waals surface area contributed by atoms with Crippen LogP contribution in [0.2, 0.25) is 0 Å². The van der Waals surface area contributed by atoms with Crippen LogP contribution in [0.25, 0.3) is 0 Å². The van der Waals surface area contributed by atoms with Gasteiger partial charge >= 0.3 is 0 Å². The normalized spacial score (nSPS) is 16.7. The third kappa shape index (κ3) is 3.99. The zero-order chi connectivity index (χ0) is 16.4. The lowest BCUT2D eigenvalue weighted by Gasteiger charge is -2.34. The third-order valence-corrected chi connectivity index (χ3v) is 4.72. The molecule has 1 aliphatic rings. The van der Waals surface area contributed by atoms with Crippen molar-refractivity contribution in [2.45, 2.75) is 24.9 Å². The summed E-state index contributed by atoms with van der Waals surface area (Å²) in [6.07, 6.45) is 9.26. The number of halogens is 2. The molecule has 132 valence electrons. The molecule has 3 rings (SSSR count). The molecule has 1 aliphatic heterocycles. The van der Waals surface area contributed by atoms with Crippen LogP contribution in [0.3, 0.4) is 0 Å². The highest BCUT2D eigenvalue weighted by molar-refractivity contribution is 9.10. The first-order chi connectivity index (χ1) is 11.1. The summed E-state index contributed by atoms with van der Waals surface area (Å²) in [6.45, 7) is 1.50. The van der Waals surface area contributed by atoms with Crippen LogP contribution in [0.1, 0.15) is 30.5 Å². The number of carbonyl (C=O) groups excluding carboxylic acids is 1. The average molecular weight is 418 g/mol. The van der Waals surface area contributed by atoms with Crippen LogP contribution >= 0.6 is 28.3 Å². The lowest BCUT2D eigenvalue weighted by Crippen LogP contribution is -2.44. The number of nitrogens with one attached hydrogen (secondary N) is 1. The molecule has 7 nitrogen and oxygen atoms in total. The largest absolute Gasteiger partial charge is 0.341 e. The van der Waals surface area contributed by atoms with Crippen molar-refractivity contribution in [3.05, 3.63) is 34.8 Å². The molecular formula is C15H22BrClN6O. The van der Waals surface area contributed by atoms with E-state index in [1.54, 1.807) is 17.1 Å². The number of rotatable bonds is 4. The molecule has 0 aromatic carbocycles. The molecule has 2 aromatic heterocycles. The maximum atomic E-state index is 12.8. The summed E-state index contributed by atoms with van der Waals surface area (Å²) in [5, 5.41) is 11.6. The molecule has 3 heterocycles. The molecule has 1 N–H and O–H groups in total. The fourth-order valence-electron chi connectivity index (χ4n) is 3.07. The van der Waals surface area contributed by atoms with Crippen molar-refractivity contribution in [1.29, 1.82) is 0 Å². The van der Waals surface area contributed by atoms with E-state index in [1.165, 1.54) is 0 Å². The minimum absolute atomic E-state index is 0. The predicted octanol–water partition coefficient (Wildman–Crippen LogP) is 1.93. The van der Waals surface area contributed by atoms with Gasteiger partial charge in [-0.1, -0.05) is 0 Å². The third-order valence-electron chi connectivity index (χ3n) is 4.31. The molecule has 2 aromatic rings. The van der Waals surface area contributed by atoms with E-state index in [1.807, 2.05) is 36.1 Å². The Kier molecular flexibility index (Phi) is 6.42. The van der Waals surface area contributed by atoms with Gasteiger partial charge in [0.15, 0.2) is 0 Å². The Balaban J connectivity index is 0.00000208. The van der Waals surface area contributed by atoms with E-state index in [4.69, 9.17) is 0 Å². The van der Waals surface area contributed by atoms with Gasteiger partial charge in [-0.2, -0.15) is 10.2 Å². The molecule has 1 saturated heterocycles. The van der Waals surface area contributed by atoms with Crippen molar-refractivity contribution >= 4 is 34.2 Å². The van der Waals surface area contributed by atoms with Gasteiger partial charge in [0.2, 0.25) is 5.91 Å². The van der Waals surface area contributed by atoms with Crippen LogP contribution in [-0.2, 0) is 11.8 Å². The number of likely N-dealkylation sites (N-methyl/N-ethyl adjacent to an activating group) is 1. The fourth-order valence-corrected chi connectivity index (χ4v) is 3.37. The van der Waals surface area contributed by atoms with Gasteiger partial charge in [0.05, 0.1) is 22.9 Å². The lowest BCUT2D eigenvalue weighted by molar-refractivity contribution is -0.134. The van der Waals surface area contributed by atoms with Crippen LogP contribution in [0.5, 0.6) is 0 Å². The van der Waals surface area contributed by atoms with E-state index in [2.05, 4.69) is 31.4 Å². The number of carbonyl (C=O) groups is 1. The molecule has 0 aliphatic carbocycles. The van der Waals surface area contributed by atoms with E-state index in [9.17, 15) is 4.79 Å². The zero-order valence-corrected chi connectivity index (χ0v) is 16.1. The molecule has 1 atom stereocenters. The quantitative estimate of drug-likeness (QED) is 0.825. The number of aromatic nitrogens is 4. The minimum Gasteiger partial charge on any atom is -0.341 e. The first-order valence-corrected chi connectivity index (χ1v) is 8.52. The summed E-state index contributed by atoms with van der Waals surface area (Å²) in [5.74, 6) is 0.112. The SMILES string of the molecule is CNC(C(=O)N1CCC(n2cc(Br)cn2)CC1)c1cnn(C)c1.Cl. The summed E-state index contributed by atoms with van der Waals surface area (Å²) < 4.78 is 4.69. The fraction of sp³-hybridized carbons (Fsp3) is 0.533. The van der Waals surface area contributed by atoms with Gasteiger partial charge in [-0.25, -0.2) is 0 Å². The van der Waals surface area contributed by atoms with Crippen molar-refractivity contribution < 1.29 is 4.79 Å². The van der Waals surface area contributed by atoms with E-state index in [0.29, 0.717) is 6.04 Å². The summed E-state index contributed by atoms with van der Waals surface area (Å²) >= 11 is 3.43. The van der Waals surface area contributed by atoms with E-state index >= 15 is 0 Å². The molecule has 1 amide bonds. The first-order valence-electron chi connectivity index (χ1n) is 7.72. The standard InChI is InChI=1S/C15H21BrN6O.ClH/c1-17-14(11-7-18-20(2)9-11)15(23)21-5-3-13(4-6-21)22-10-12(16)8-19-22;/h7-10,13-14,17H,3-6H2,1-2H3;1H. The van der Waals surface area contributed by atoms with Gasteiger partial charge in [-0.3, -0.25) is 14.2 Å². The topological polar surface area (TPSA) is 68.0 Å². The molecule has 0 spiro atoms. The average Bonchev–Trinajstić information content (AvgIpc) is 3.17. The maximum absolute atomic E-state index is 12.8. The van der Waals surface area contributed by atoms with Gasteiger partial charge in [0, 0.05) is 38.1 Å².